The number of halogens is 1. The number of rotatable bonds is 8. The Hall–Kier alpha value is -0.580. The van der Waals surface area contributed by atoms with Gasteiger partial charge in [-0.1, -0.05) is 51.1 Å². The molecule has 3 nitrogen and oxygen atoms in total. The van der Waals surface area contributed by atoms with Gasteiger partial charge in [0, 0.05) is 11.9 Å². The summed E-state index contributed by atoms with van der Waals surface area (Å²) >= 11 is 5.70. The lowest BCUT2D eigenvalue weighted by atomic mass is 9.98. The first-order valence-corrected chi connectivity index (χ1v) is 9.13. The maximum absolute atomic E-state index is 12.2. The Labute approximate surface area is 127 Å². The molecule has 0 heterocycles. The fourth-order valence-electron chi connectivity index (χ4n) is 2.09. The summed E-state index contributed by atoms with van der Waals surface area (Å²) in [6.07, 6.45) is 0.776. The van der Waals surface area contributed by atoms with Gasteiger partial charge in [0.05, 0.1) is 5.75 Å². The molecular formula is C15H24ClNO2S. The van der Waals surface area contributed by atoms with Gasteiger partial charge in [-0.15, -0.1) is 11.6 Å². The van der Waals surface area contributed by atoms with E-state index in [1.54, 1.807) is 0 Å². The predicted octanol–water partition coefficient (Wildman–Crippen LogP) is 3.57. The van der Waals surface area contributed by atoms with E-state index in [0.717, 1.165) is 12.0 Å². The summed E-state index contributed by atoms with van der Waals surface area (Å²) in [5, 5.41) is 0. The normalized spacial score (nSPS) is 15.2. The molecule has 0 amide bonds. The highest BCUT2D eigenvalue weighted by Crippen LogP contribution is 2.22. The van der Waals surface area contributed by atoms with Crippen molar-refractivity contribution >= 4 is 21.6 Å². The van der Waals surface area contributed by atoms with E-state index in [1.165, 1.54) is 0 Å². The molecule has 0 aliphatic rings. The first kappa shape index (κ1) is 17.5. The Morgan fingerprint density at radius 1 is 1.15 bits per heavy atom. The molecule has 5 heteroatoms. The molecule has 0 saturated carbocycles. The zero-order valence-corrected chi connectivity index (χ0v) is 13.9. The predicted molar refractivity (Wildman–Crippen MR) is 85.4 cm³/mol. The Morgan fingerprint density at radius 3 is 2.25 bits per heavy atom. The standard InChI is InChI=1S/C15H24ClNO2S/c1-12(2)9-15(14-7-5-4-6-8-14)17-20(18,19)11-13(3)10-16/h4-8,12-13,15,17H,9-11H2,1-3H3. The molecule has 2 unspecified atom stereocenters. The summed E-state index contributed by atoms with van der Waals surface area (Å²) in [6, 6.07) is 9.53. The monoisotopic (exact) mass is 317 g/mol. The molecule has 1 rings (SSSR count). The van der Waals surface area contributed by atoms with Crippen LogP contribution >= 0.6 is 11.6 Å². The van der Waals surface area contributed by atoms with Crippen molar-refractivity contribution in [3.05, 3.63) is 35.9 Å². The number of hydrogen-bond donors (Lipinski definition) is 1. The highest BCUT2D eigenvalue weighted by atomic mass is 35.5. The first-order chi connectivity index (χ1) is 9.34. The Bertz CT molecular complexity index is 488. The number of hydrogen-bond acceptors (Lipinski definition) is 2. The fraction of sp³-hybridized carbons (Fsp3) is 0.600. The van der Waals surface area contributed by atoms with Gasteiger partial charge in [0.15, 0.2) is 0 Å². The molecule has 20 heavy (non-hydrogen) atoms. The minimum atomic E-state index is -3.32. The van der Waals surface area contributed by atoms with E-state index in [-0.39, 0.29) is 17.7 Å². The fourth-order valence-corrected chi connectivity index (χ4v) is 3.96. The maximum Gasteiger partial charge on any atom is 0.212 e. The number of sulfonamides is 1. The lowest BCUT2D eigenvalue weighted by Crippen LogP contribution is -2.33. The highest BCUT2D eigenvalue weighted by molar-refractivity contribution is 7.89. The molecule has 0 saturated heterocycles. The second-order valence-corrected chi connectivity index (χ2v) is 7.86. The smallest absolute Gasteiger partial charge is 0.212 e. The van der Waals surface area contributed by atoms with Crippen LogP contribution in [0.5, 0.6) is 0 Å². The third kappa shape index (κ3) is 6.25. The van der Waals surface area contributed by atoms with Crippen LogP contribution in [0.3, 0.4) is 0 Å². The minimum Gasteiger partial charge on any atom is -0.212 e. The maximum atomic E-state index is 12.2. The van der Waals surface area contributed by atoms with Crippen molar-refractivity contribution in [2.75, 3.05) is 11.6 Å². The van der Waals surface area contributed by atoms with Crippen LogP contribution in [0.4, 0.5) is 0 Å². The van der Waals surface area contributed by atoms with E-state index in [1.807, 2.05) is 37.3 Å². The number of alkyl halides is 1. The molecule has 0 spiro atoms. The van der Waals surface area contributed by atoms with E-state index in [0.29, 0.717) is 11.8 Å². The SMILES string of the molecule is CC(C)CC(NS(=O)(=O)CC(C)CCl)c1ccccc1. The quantitative estimate of drug-likeness (QED) is 0.745. The van der Waals surface area contributed by atoms with Crippen LogP contribution in [-0.2, 0) is 10.0 Å². The van der Waals surface area contributed by atoms with Crippen molar-refractivity contribution < 1.29 is 8.42 Å². The summed E-state index contributed by atoms with van der Waals surface area (Å²) in [5.41, 5.74) is 1.00. The van der Waals surface area contributed by atoms with Crippen molar-refractivity contribution in [2.45, 2.75) is 33.2 Å². The Kier molecular flexibility index (Phi) is 7.00. The van der Waals surface area contributed by atoms with Gasteiger partial charge in [0.2, 0.25) is 10.0 Å². The average molecular weight is 318 g/mol. The lowest BCUT2D eigenvalue weighted by molar-refractivity contribution is 0.470. The van der Waals surface area contributed by atoms with Crippen LogP contribution < -0.4 is 4.72 Å². The molecule has 0 aliphatic heterocycles. The van der Waals surface area contributed by atoms with E-state index in [2.05, 4.69) is 18.6 Å². The van der Waals surface area contributed by atoms with Gasteiger partial charge in [-0.2, -0.15) is 0 Å². The molecule has 1 aromatic rings. The van der Waals surface area contributed by atoms with Crippen molar-refractivity contribution in [2.24, 2.45) is 11.8 Å². The van der Waals surface area contributed by atoms with Gasteiger partial charge < -0.3 is 0 Å². The molecule has 0 fully saturated rings. The van der Waals surface area contributed by atoms with E-state index >= 15 is 0 Å². The van der Waals surface area contributed by atoms with Crippen LogP contribution in [0.25, 0.3) is 0 Å². The minimum absolute atomic E-state index is 0.0513. The zero-order chi connectivity index (χ0) is 15.2. The summed E-state index contributed by atoms with van der Waals surface area (Å²) < 4.78 is 27.2. The van der Waals surface area contributed by atoms with Crippen LogP contribution in [0.1, 0.15) is 38.8 Å². The number of benzene rings is 1. The largest absolute Gasteiger partial charge is 0.212 e. The third-order valence-corrected chi connectivity index (χ3v) is 5.18. The van der Waals surface area contributed by atoms with Gasteiger partial charge in [0.1, 0.15) is 0 Å². The van der Waals surface area contributed by atoms with Crippen LogP contribution in [-0.4, -0.2) is 20.1 Å². The van der Waals surface area contributed by atoms with Crippen LogP contribution in [0, 0.1) is 11.8 Å². The highest BCUT2D eigenvalue weighted by Gasteiger charge is 2.22. The second-order valence-electron chi connectivity index (χ2n) is 5.75. The van der Waals surface area contributed by atoms with Crippen molar-refractivity contribution in [3.8, 4) is 0 Å². The van der Waals surface area contributed by atoms with Crippen LogP contribution in [0.2, 0.25) is 0 Å². The van der Waals surface area contributed by atoms with E-state index in [4.69, 9.17) is 11.6 Å². The van der Waals surface area contributed by atoms with E-state index in [9.17, 15) is 8.42 Å². The topological polar surface area (TPSA) is 46.2 Å². The summed E-state index contributed by atoms with van der Waals surface area (Å²) in [6.45, 7) is 6.02. The van der Waals surface area contributed by atoms with E-state index < -0.39 is 10.0 Å². The summed E-state index contributed by atoms with van der Waals surface area (Å²) in [7, 11) is -3.32. The molecule has 0 aromatic heterocycles. The Balaban J connectivity index is 2.85. The lowest BCUT2D eigenvalue weighted by Gasteiger charge is -2.22. The molecule has 2 atom stereocenters. The van der Waals surface area contributed by atoms with Gasteiger partial charge in [-0.25, -0.2) is 13.1 Å². The van der Waals surface area contributed by atoms with Crippen molar-refractivity contribution in [1.82, 2.24) is 4.72 Å². The molecule has 0 bridgehead atoms. The third-order valence-electron chi connectivity index (χ3n) is 3.00. The molecule has 1 aromatic carbocycles. The van der Waals surface area contributed by atoms with Gasteiger partial charge >= 0.3 is 0 Å². The average Bonchev–Trinajstić information content (AvgIpc) is 2.37. The first-order valence-electron chi connectivity index (χ1n) is 6.95. The van der Waals surface area contributed by atoms with Crippen molar-refractivity contribution in [1.29, 1.82) is 0 Å². The molecule has 1 N–H and O–H groups in total. The molecule has 0 aliphatic carbocycles. The molecule has 0 radical (unpaired) electrons. The second kappa shape index (κ2) is 8.01. The molecular weight excluding hydrogens is 294 g/mol. The summed E-state index contributed by atoms with van der Waals surface area (Å²) in [4.78, 5) is 0. The van der Waals surface area contributed by atoms with Gasteiger partial charge in [0.25, 0.3) is 0 Å². The number of nitrogens with one attached hydrogen (secondary N) is 1. The van der Waals surface area contributed by atoms with Crippen molar-refractivity contribution in [3.63, 3.8) is 0 Å². The Morgan fingerprint density at radius 2 is 1.75 bits per heavy atom. The zero-order valence-electron chi connectivity index (χ0n) is 12.3. The van der Waals surface area contributed by atoms with Crippen LogP contribution in [0.15, 0.2) is 30.3 Å². The van der Waals surface area contributed by atoms with Gasteiger partial charge in [-0.3, -0.25) is 0 Å². The summed E-state index contributed by atoms with van der Waals surface area (Å²) in [5.74, 6) is 0.775. The molecule has 114 valence electrons. The van der Waals surface area contributed by atoms with Gasteiger partial charge in [-0.05, 0) is 23.8 Å².